The molecule has 2 nitrogen and oxygen atoms in total. The molecule has 0 bridgehead atoms. The van der Waals surface area contributed by atoms with Gasteiger partial charge in [0.25, 0.3) is 0 Å². The van der Waals surface area contributed by atoms with Crippen molar-refractivity contribution in [2.45, 2.75) is 44.7 Å². The highest BCUT2D eigenvalue weighted by atomic mass is 79.9. The minimum atomic E-state index is 0.195. The molecule has 0 spiro atoms. The maximum absolute atomic E-state index is 3.66. The fraction of sp³-hybridized carbons (Fsp3) is 0.625. The van der Waals surface area contributed by atoms with Crippen LogP contribution in [0.5, 0.6) is 0 Å². The molecule has 1 atom stereocenters. The number of nitrogens with one attached hydrogen (secondary N) is 1. The van der Waals surface area contributed by atoms with E-state index in [0.29, 0.717) is 6.04 Å². The van der Waals surface area contributed by atoms with Gasteiger partial charge >= 0.3 is 0 Å². The Morgan fingerprint density at radius 3 is 2.47 bits per heavy atom. The van der Waals surface area contributed by atoms with E-state index in [4.69, 9.17) is 0 Å². The number of hydrogen-bond acceptors (Lipinski definition) is 2. The summed E-state index contributed by atoms with van der Waals surface area (Å²) in [4.78, 5) is 2.63. The first kappa shape index (κ1) is 15.0. The Labute approximate surface area is 125 Å². The standard InChI is InChI=1S/C16H25BrN2/c1-16(2,19-10-6-7-11-19)15(18-3)12-13-8-4-5-9-14(13)17/h4-5,8-9,15,18H,6-7,10-12H2,1-3H3. The van der Waals surface area contributed by atoms with Crippen LogP contribution in [0, 0.1) is 0 Å². The quantitative estimate of drug-likeness (QED) is 0.892. The highest BCUT2D eigenvalue weighted by Gasteiger charge is 2.36. The summed E-state index contributed by atoms with van der Waals surface area (Å²) >= 11 is 3.66. The molecule has 0 aliphatic carbocycles. The second-order valence-electron chi connectivity index (χ2n) is 5.98. The number of benzene rings is 1. The Kier molecular flexibility index (Phi) is 5.04. The molecular weight excluding hydrogens is 300 g/mol. The third-order valence-corrected chi connectivity index (χ3v) is 5.28. The molecule has 1 saturated heterocycles. The van der Waals surface area contributed by atoms with Crippen molar-refractivity contribution in [3.8, 4) is 0 Å². The predicted octanol–water partition coefficient (Wildman–Crippen LogP) is 3.45. The number of rotatable bonds is 5. The largest absolute Gasteiger partial charge is 0.315 e. The van der Waals surface area contributed by atoms with Gasteiger partial charge in [-0.05, 0) is 64.9 Å². The van der Waals surface area contributed by atoms with Gasteiger partial charge in [0.05, 0.1) is 0 Å². The lowest BCUT2D eigenvalue weighted by atomic mass is 9.88. The van der Waals surface area contributed by atoms with E-state index in [9.17, 15) is 0 Å². The zero-order valence-corrected chi connectivity index (χ0v) is 13.8. The summed E-state index contributed by atoms with van der Waals surface area (Å²) in [5, 5.41) is 3.53. The monoisotopic (exact) mass is 324 g/mol. The van der Waals surface area contributed by atoms with Crippen LogP contribution in [0.3, 0.4) is 0 Å². The first-order valence-electron chi connectivity index (χ1n) is 7.21. The molecule has 1 aliphatic rings. The van der Waals surface area contributed by atoms with Crippen LogP contribution in [-0.2, 0) is 6.42 Å². The van der Waals surface area contributed by atoms with E-state index >= 15 is 0 Å². The highest BCUT2D eigenvalue weighted by Crippen LogP contribution is 2.27. The van der Waals surface area contributed by atoms with Gasteiger partial charge in [0.2, 0.25) is 0 Å². The van der Waals surface area contributed by atoms with Crippen LogP contribution >= 0.6 is 15.9 Å². The molecular formula is C16H25BrN2. The lowest BCUT2D eigenvalue weighted by Crippen LogP contribution is -2.57. The molecule has 1 aromatic rings. The molecule has 0 radical (unpaired) electrons. The molecule has 3 heteroatoms. The summed E-state index contributed by atoms with van der Waals surface area (Å²) in [6.45, 7) is 7.22. The molecule has 106 valence electrons. The van der Waals surface area contributed by atoms with Crippen LogP contribution < -0.4 is 5.32 Å². The number of likely N-dealkylation sites (tertiary alicyclic amines) is 1. The SMILES string of the molecule is CNC(Cc1ccccc1Br)C(C)(C)N1CCCC1. The average molecular weight is 325 g/mol. The van der Waals surface area contributed by atoms with Crippen molar-refractivity contribution >= 4 is 15.9 Å². The second kappa shape index (κ2) is 6.38. The van der Waals surface area contributed by atoms with Crippen LogP contribution in [0.4, 0.5) is 0 Å². The topological polar surface area (TPSA) is 15.3 Å². The summed E-state index contributed by atoms with van der Waals surface area (Å²) in [6, 6.07) is 9.01. The Morgan fingerprint density at radius 2 is 1.89 bits per heavy atom. The van der Waals surface area contributed by atoms with Crippen molar-refractivity contribution in [3.05, 3.63) is 34.3 Å². The van der Waals surface area contributed by atoms with Gasteiger partial charge in [-0.25, -0.2) is 0 Å². The predicted molar refractivity (Wildman–Crippen MR) is 85.6 cm³/mol. The summed E-state index contributed by atoms with van der Waals surface area (Å²) in [6.07, 6.45) is 3.74. The molecule has 1 heterocycles. The van der Waals surface area contributed by atoms with Crippen LogP contribution in [0.1, 0.15) is 32.3 Å². The number of likely N-dealkylation sites (N-methyl/N-ethyl adjacent to an activating group) is 1. The molecule has 1 aromatic carbocycles. The van der Waals surface area contributed by atoms with Crippen LogP contribution in [-0.4, -0.2) is 36.6 Å². The molecule has 1 N–H and O–H groups in total. The number of hydrogen-bond donors (Lipinski definition) is 1. The zero-order valence-electron chi connectivity index (χ0n) is 12.2. The Balaban J connectivity index is 2.13. The first-order valence-corrected chi connectivity index (χ1v) is 8.00. The van der Waals surface area contributed by atoms with E-state index in [-0.39, 0.29) is 5.54 Å². The number of halogens is 1. The molecule has 0 amide bonds. The Morgan fingerprint density at radius 1 is 1.26 bits per heavy atom. The highest BCUT2D eigenvalue weighted by molar-refractivity contribution is 9.10. The van der Waals surface area contributed by atoms with Crippen LogP contribution in [0.2, 0.25) is 0 Å². The molecule has 0 aromatic heterocycles. The lowest BCUT2D eigenvalue weighted by molar-refractivity contribution is 0.110. The van der Waals surface area contributed by atoms with Gasteiger partial charge in [-0.2, -0.15) is 0 Å². The molecule has 1 fully saturated rings. The maximum Gasteiger partial charge on any atom is 0.0309 e. The molecule has 0 saturated carbocycles. The second-order valence-corrected chi connectivity index (χ2v) is 6.84. The van der Waals surface area contributed by atoms with Gasteiger partial charge in [0.15, 0.2) is 0 Å². The number of nitrogens with zero attached hydrogens (tertiary/aromatic N) is 1. The summed E-state index contributed by atoms with van der Waals surface area (Å²) in [5.41, 5.74) is 1.58. The van der Waals surface area contributed by atoms with Crippen molar-refractivity contribution < 1.29 is 0 Å². The Hall–Kier alpha value is -0.380. The van der Waals surface area contributed by atoms with Crippen molar-refractivity contribution in [1.29, 1.82) is 0 Å². The summed E-state index contributed by atoms with van der Waals surface area (Å²) in [7, 11) is 2.08. The third-order valence-electron chi connectivity index (χ3n) is 4.50. The third kappa shape index (κ3) is 3.39. The zero-order chi connectivity index (χ0) is 13.9. The molecule has 19 heavy (non-hydrogen) atoms. The van der Waals surface area contributed by atoms with Gasteiger partial charge in [0, 0.05) is 16.1 Å². The summed E-state index contributed by atoms with van der Waals surface area (Å²) in [5.74, 6) is 0. The Bertz CT molecular complexity index is 411. The average Bonchev–Trinajstić information content (AvgIpc) is 2.92. The minimum Gasteiger partial charge on any atom is -0.315 e. The van der Waals surface area contributed by atoms with Crippen molar-refractivity contribution in [2.24, 2.45) is 0 Å². The fourth-order valence-electron chi connectivity index (χ4n) is 3.10. The van der Waals surface area contributed by atoms with Gasteiger partial charge < -0.3 is 5.32 Å². The van der Waals surface area contributed by atoms with Crippen molar-refractivity contribution in [3.63, 3.8) is 0 Å². The van der Waals surface area contributed by atoms with Gasteiger partial charge in [-0.3, -0.25) is 4.90 Å². The van der Waals surface area contributed by atoms with E-state index in [1.54, 1.807) is 0 Å². The van der Waals surface area contributed by atoms with Gasteiger partial charge in [-0.15, -0.1) is 0 Å². The van der Waals surface area contributed by atoms with Crippen molar-refractivity contribution in [2.75, 3.05) is 20.1 Å². The van der Waals surface area contributed by atoms with Crippen LogP contribution in [0.25, 0.3) is 0 Å². The fourth-order valence-corrected chi connectivity index (χ4v) is 3.55. The van der Waals surface area contributed by atoms with Gasteiger partial charge in [0.1, 0.15) is 0 Å². The maximum atomic E-state index is 3.66. The first-order chi connectivity index (χ1) is 9.05. The lowest BCUT2D eigenvalue weighted by Gasteiger charge is -2.42. The van der Waals surface area contributed by atoms with E-state index in [1.165, 1.54) is 36.0 Å². The normalized spacial score (nSPS) is 18.7. The van der Waals surface area contributed by atoms with E-state index in [0.717, 1.165) is 6.42 Å². The van der Waals surface area contributed by atoms with Crippen LogP contribution in [0.15, 0.2) is 28.7 Å². The molecule has 2 rings (SSSR count). The molecule has 1 unspecified atom stereocenters. The van der Waals surface area contributed by atoms with E-state index in [1.807, 2.05) is 0 Å². The summed E-state index contributed by atoms with van der Waals surface area (Å²) < 4.78 is 1.22. The molecule has 1 aliphatic heterocycles. The minimum absolute atomic E-state index is 0.195. The van der Waals surface area contributed by atoms with E-state index < -0.39 is 0 Å². The van der Waals surface area contributed by atoms with E-state index in [2.05, 4.69) is 71.3 Å². The van der Waals surface area contributed by atoms with Crippen molar-refractivity contribution in [1.82, 2.24) is 10.2 Å². The van der Waals surface area contributed by atoms with Gasteiger partial charge in [-0.1, -0.05) is 34.1 Å². The smallest absolute Gasteiger partial charge is 0.0309 e.